The Morgan fingerprint density at radius 3 is 2.78 bits per heavy atom. The lowest BCUT2D eigenvalue weighted by molar-refractivity contribution is -0.143. The molecule has 0 saturated heterocycles. The van der Waals surface area contributed by atoms with Crippen LogP contribution in [0.5, 0.6) is 17.2 Å². The molecular weight excluding hydrogens is 350 g/mol. The van der Waals surface area contributed by atoms with Gasteiger partial charge in [0, 0.05) is 5.56 Å². The standard InChI is InChI=1S/C20H21NO6/c1-2-14-4-3-5-16(10-14)24-8-9-25-19(22)12-21-20(23)15-6-7-17-18(11-15)27-13-26-17/h3-7,10-11H,2,8-9,12-13H2,1H3,(H,21,23). The second-order valence-corrected chi connectivity index (χ2v) is 5.82. The van der Waals surface area contributed by atoms with E-state index in [1.54, 1.807) is 18.2 Å². The van der Waals surface area contributed by atoms with Gasteiger partial charge in [0.1, 0.15) is 25.5 Å². The first-order chi connectivity index (χ1) is 13.2. The molecule has 0 aromatic heterocycles. The number of nitrogens with one attached hydrogen (secondary N) is 1. The lowest BCUT2D eigenvalue weighted by Gasteiger charge is -2.09. The van der Waals surface area contributed by atoms with Gasteiger partial charge in [-0.25, -0.2) is 0 Å². The molecule has 0 radical (unpaired) electrons. The Morgan fingerprint density at radius 1 is 1.07 bits per heavy atom. The largest absolute Gasteiger partial charge is 0.490 e. The van der Waals surface area contributed by atoms with E-state index in [2.05, 4.69) is 12.2 Å². The van der Waals surface area contributed by atoms with Crippen LogP contribution in [0.15, 0.2) is 42.5 Å². The first-order valence-corrected chi connectivity index (χ1v) is 8.71. The minimum Gasteiger partial charge on any atom is -0.490 e. The van der Waals surface area contributed by atoms with Crippen molar-refractivity contribution in [1.82, 2.24) is 5.32 Å². The summed E-state index contributed by atoms with van der Waals surface area (Å²) in [5, 5.41) is 2.51. The molecule has 0 spiro atoms. The minimum absolute atomic E-state index is 0.106. The first kappa shape index (κ1) is 18.6. The SMILES string of the molecule is CCc1cccc(OCCOC(=O)CNC(=O)c2ccc3c(c2)OCO3)c1. The third kappa shape index (κ3) is 5.13. The molecule has 0 fully saturated rings. The molecule has 1 aliphatic heterocycles. The maximum atomic E-state index is 12.1. The Hall–Kier alpha value is -3.22. The number of benzene rings is 2. The van der Waals surface area contributed by atoms with E-state index in [1.807, 2.05) is 24.3 Å². The van der Waals surface area contributed by atoms with Crippen molar-refractivity contribution >= 4 is 11.9 Å². The molecule has 142 valence electrons. The van der Waals surface area contributed by atoms with Crippen LogP contribution in [-0.4, -0.2) is 38.4 Å². The highest BCUT2D eigenvalue weighted by molar-refractivity contribution is 5.96. The van der Waals surface area contributed by atoms with Crippen LogP contribution < -0.4 is 19.5 Å². The zero-order valence-corrected chi connectivity index (χ0v) is 15.0. The van der Waals surface area contributed by atoms with Gasteiger partial charge in [0.05, 0.1) is 0 Å². The summed E-state index contributed by atoms with van der Waals surface area (Å²) in [7, 11) is 0. The van der Waals surface area contributed by atoms with Crippen molar-refractivity contribution in [3.63, 3.8) is 0 Å². The Bertz CT molecular complexity index is 820. The molecule has 0 atom stereocenters. The molecule has 7 heteroatoms. The summed E-state index contributed by atoms with van der Waals surface area (Å²) < 4.78 is 21.0. The normalized spacial score (nSPS) is 11.7. The summed E-state index contributed by atoms with van der Waals surface area (Å²) in [5.41, 5.74) is 1.56. The van der Waals surface area contributed by atoms with Crippen molar-refractivity contribution in [2.75, 3.05) is 26.6 Å². The van der Waals surface area contributed by atoms with E-state index < -0.39 is 11.9 Å². The lowest BCUT2D eigenvalue weighted by atomic mass is 10.2. The molecule has 2 aromatic carbocycles. The molecule has 2 aromatic rings. The van der Waals surface area contributed by atoms with Gasteiger partial charge in [-0.3, -0.25) is 9.59 Å². The number of hydrogen-bond donors (Lipinski definition) is 1. The van der Waals surface area contributed by atoms with Crippen LogP contribution in [0, 0.1) is 0 Å². The van der Waals surface area contributed by atoms with Crippen LogP contribution in [0.1, 0.15) is 22.8 Å². The van der Waals surface area contributed by atoms with Crippen molar-refractivity contribution in [3.05, 3.63) is 53.6 Å². The number of carbonyl (C=O) groups is 2. The smallest absolute Gasteiger partial charge is 0.325 e. The summed E-state index contributed by atoms with van der Waals surface area (Å²) in [6.07, 6.45) is 0.926. The van der Waals surface area contributed by atoms with Crippen molar-refractivity contribution in [2.24, 2.45) is 0 Å². The zero-order valence-electron chi connectivity index (χ0n) is 15.0. The predicted molar refractivity (Wildman–Crippen MR) is 97.2 cm³/mol. The molecule has 1 aliphatic rings. The number of fused-ring (bicyclic) bond motifs is 1. The summed E-state index contributed by atoms with van der Waals surface area (Å²) in [6.45, 7) is 2.33. The Labute approximate surface area is 157 Å². The third-order valence-corrected chi connectivity index (χ3v) is 3.95. The molecule has 1 amide bonds. The Balaban J connectivity index is 1.36. The molecular formula is C20H21NO6. The van der Waals surface area contributed by atoms with Crippen LogP contribution in [0.2, 0.25) is 0 Å². The highest BCUT2D eigenvalue weighted by atomic mass is 16.7. The lowest BCUT2D eigenvalue weighted by Crippen LogP contribution is -2.31. The van der Waals surface area contributed by atoms with E-state index in [1.165, 1.54) is 5.56 Å². The molecule has 1 heterocycles. The van der Waals surface area contributed by atoms with Crippen LogP contribution in [0.4, 0.5) is 0 Å². The fourth-order valence-corrected chi connectivity index (χ4v) is 2.51. The van der Waals surface area contributed by atoms with Crippen LogP contribution in [0.3, 0.4) is 0 Å². The molecule has 0 unspecified atom stereocenters. The second kappa shape index (κ2) is 8.93. The van der Waals surface area contributed by atoms with Crippen molar-refractivity contribution in [3.8, 4) is 17.2 Å². The molecule has 0 aliphatic carbocycles. The fraction of sp³-hybridized carbons (Fsp3) is 0.300. The maximum absolute atomic E-state index is 12.1. The second-order valence-electron chi connectivity index (χ2n) is 5.82. The van der Waals surface area contributed by atoms with Crippen LogP contribution in [0.25, 0.3) is 0 Å². The quantitative estimate of drug-likeness (QED) is 0.566. The van der Waals surface area contributed by atoms with Crippen LogP contribution >= 0.6 is 0 Å². The van der Waals surface area contributed by atoms with E-state index in [0.717, 1.165) is 12.2 Å². The zero-order chi connectivity index (χ0) is 19.1. The monoisotopic (exact) mass is 371 g/mol. The number of rotatable bonds is 8. The van der Waals surface area contributed by atoms with Gasteiger partial charge in [-0.1, -0.05) is 19.1 Å². The Kier molecular flexibility index (Phi) is 6.14. The van der Waals surface area contributed by atoms with Gasteiger partial charge >= 0.3 is 5.97 Å². The first-order valence-electron chi connectivity index (χ1n) is 8.71. The summed E-state index contributed by atoms with van der Waals surface area (Å²) in [5.74, 6) is 0.916. The number of amides is 1. The van der Waals surface area contributed by atoms with Gasteiger partial charge in [-0.15, -0.1) is 0 Å². The van der Waals surface area contributed by atoms with Gasteiger partial charge in [-0.2, -0.15) is 0 Å². The van der Waals surface area contributed by atoms with Crippen molar-refractivity contribution in [2.45, 2.75) is 13.3 Å². The fourth-order valence-electron chi connectivity index (χ4n) is 2.51. The average molecular weight is 371 g/mol. The van der Waals surface area contributed by atoms with Gasteiger partial charge in [-0.05, 0) is 42.3 Å². The van der Waals surface area contributed by atoms with E-state index >= 15 is 0 Å². The van der Waals surface area contributed by atoms with Gasteiger partial charge < -0.3 is 24.3 Å². The summed E-state index contributed by atoms with van der Waals surface area (Å²) >= 11 is 0. The Morgan fingerprint density at radius 2 is 1.93 bits per heavy atom. The van der Waals surface area contributed by atoms with E-state index in [4.69, 9.17) is 18.9 Å². The van der Waals surface area contributed by atoms with E-state index in [-0.39, 0.29) is 26.6 Å². The topological polar surface area (TPSA) is 83.1 Å². The van der Waals surface area contributed by atoms with Gasteiger partial charge in [0.2, 0.25) is 6.79 Å². The highest BCUT2D eigenvalue weighted by Gasteiger charge is 2.16. The summed E-state index contributed by atoms with van der Waals surface area (Å²) in [6, 6.07) is 12.6. The number of esters is 1. The molecule has 3 rings (SSSR count). The molecule has 27 heavy (non-hydrogen) atoms. The van der Waals surface area contributed by atoms with Gasteiger partial charge in [0.15, 0.2) is 11.5 Å². The van der Waals surface area contributed by atoms with Crippen molar-refractivity contribution in [1.29, 1.82) is 0 Å². The molecule has 0 bridgehead atoms. The van der Waals surface area contributed by atoms with E-state index in [0.29, 0.717) is 17.1 Å². The number of aryl methyl sites for hydroxylation is 1. The number of ether oxygens (including phenoxy) is 4. The minimum atomic E-state index is -0.532. The molecule has 1 N–H and O–H groups in total. The van der Waals surface area contributed by atoms with E-state index in [9.17, 15) is 9.59 Å². The molecule has 0 saturated carbocycles. The third-order valence-electron chi connectivity index (χ3n) is 3.95. The maximum Gasteiger partial charge on any atom is 0.325 e. The van der Waals surface area contributed by atoms with Crippen molar-refractivity contribution < 1.29 is 28.5 Å². The number of hydrogen-bond acceptors (Lipinski definition) is 6. The highest BCUT2D eigenvalue weighted by Crippen LogP contribution is 2.32. The predicted octanol–water partition coefficient (Wildman–Crippen LogP) is 2.33. The summed E-state index contributed by atoms with van der Waals surface area (Å²) in [4.78, 5) is 23.8. The molecule has 7 nitrogen and oxygen atoms in total. The number of carbonyl (C=O) groups excluding carboxylic acids is 2. The van der Waals surface area contributed by atoms with Crippen LogP contribution in [-0.2, 0) is 16.0 Å². The van der Waals surface area contributed by atoms with Gasteiger partial charge in [0.25, 0.3) is 5.91 Å². The average Bonchev–Trinajstić information content (AvgIpc) is 3.17.